The molecule has 3 aliphatic rings. The van der Waals surface area contributed by atoms with Crippen LogP contribution in [0.2, 0.25) is 0 Å². The van der Waals surface area contributed by atoms with Crippen molar-refractivity contribution in [3.63, 3.8) is 0 Å². The normalized spacial score (nSPS) is 19.9. The van der Waals surface area contributed by atoms with Crippen molar-refractivity contribution >= 4 is 21.6 Å². The van der Waals surface area contributed by atoms with Crippen molar-refractivity contribution in [2.24, 2.45) is 0 Å². The van der Waals surface area contributed by atoms with E-state index in [1.807, 2.05) is 19.1 Å². The zero-order valence-electron chi connectivity index (χ0n) is 18.4. The van der Waals surface area contributed by atoms with Crippen molar-refractivity contribution in [2.75, 3.05) is 44.2 Å². The largest absolute Gasteiger partial charge is 0.493 e. The van der Waals surface area contributed by atoms with Crippen LogP contribution in [0.4, 0.5) is 5.69 Å². The number of carbonyl (C=O) groups excluding carboxylic acids is 1. The number of hydrogen-bond donors (Lipinski definition) is 0. The molecule has 3 heterocycles. The topological polar surface area (TPSA) is 70.2 Å². The van der Waals surface area contributed by atoms with Crippen LogP contribution >= 0.6 is 0 Å². The summed E-state index contributed by atoms with van der Waals surface area (Å²) in [7, 11) is -3.56. The van der Waals surface area contributed by atoms with Crippen LogP contribution in [0.25, 0.3) is 0 Å². The molecule has 2 aromatic rings. The number of aryl methyl sites for hydroxylation is 1. The van der Waals surface area contributed by atoms with Gasteiger partial charge in [0.05, 0.1) is 11.5 Å². The van der Waals surface area contributed by atoms with Crippen LogP contribution in [-0.2, 0) is 27.8 Å². The van der Waals surface area contributed by atoms with Crippen LogP contribution < -0.4 is 9.64 Å². The van der Waals surface area contributed by atoms with E-state index in [4.69, 9.17) is 4.74 Å². The number of nitrogens with zero attached hydrogens (tertiary/aromatic N) is 3. The van der Waals surface area contributed by atoms with Crippen LogP contribution in [0.5, 0.6) is 5.75 Å². The Kier molecular flexibility index (Phi) is 5.69. The molecule has 5 rings (SSSR count). The van der Waals surface area contributed by atoms with E-state index in [2.05, 4.69) is 17.0 Å². The lowest BCUT2D eigenvalue weighted by atomic mass is 10.1. The number of piperazine rings is 1. The second kappa shape index (κ2) is 8.50. The van der Waals surface area contributed by atoms with Crippen LogP contribution in [0.1, 0.15) is 29.5 Å². The first kappa shape index (κ1) is 21.4. The van der Waals surface area contributed by atoms with E-state index < -0.39 is 10.0 Å². The summed E-state index contributed by atoms with van der Waals surface area (Å²) in [5.41, 5.74) is 3.98. The average molecular weight is 456 g/mol. The minimum atomic E-state index is -3.56. The number of fused-ring (bicyclic) bond motifs is 1. The van der Waals surface area contributed by atoms with E-state index >= 15 is 0 Å². The van der Waals surface area contributed by atoms with Crippen LogP contribution in [0.15, 0.2) is 41.3 Å². The lowest BCUT2D eigenvalue weighted by Gasteiger charge is -2.34. The summed E-state index contributed by atoms with van der Waals surface area (Å²) >= 11 is 0. The van der Waals surface area contributed by atoms with Crippen LogP contribution in [-0.4, -0.2) is 62.9 Å². The van der Waals surface area contributed by atoms with Gasteiger partial charge in [-0.3, -0.25) is 9.69 Å². The number of ether oxygens (including phenoxy) is 1. The fourth-order valence-corrected chi connectivity index (χ4v) is 6.50. The van der Waals surface area contributed by atoms with Gasteiger partial charge in [-0.15, -0.1) is 0 Å². The fraction of sp³-hybridized carbons (Fsp3) is 0.458. The van der Waals surface area contributed by atoms with Gasteiger partial charge in [-0.05, 0) is 54.3 Å². The van der Waals surface area contributed by atoms with Gasteiger partial charge in [-0.1, -0.05) is 12.1 Å². The fourth-order valence-electron chi connectivity index (χ4n) is 4.88. The quantitative estimate of drug-likeness (QED) is 0.693. The third kappa shape index (κ3) is 4.02. The smallest absolute Gasteiger partial charge is 0.243 e. The molecule has 32 heavy (non-hydrogen) atoms. The Balaban J connectivity index is 1.24. The van der Waals surface area contributed by atoms with E-state index in [0.717, 1.165) is 37.4 Å². The maximum Gasteiger partial charge on any atom is 0.243 e. The minimum Gasteiger partial charge on any atom is -0.493 e. The van der Waals surface area contributed by atoms with Crippen LogP contribution in [0.3, 0.4) is 0 Å². The lowest BCUT2D eigenvalue weighted by molar-refractivity contribution is -0.117. The number of sulfonamides is 1. The maximum absolute atomic E-state index is 13.3. The van der Waals surface area contributed by atoms with E-state index in [0.29, 0.717) is 49.6 Å². The van der Waals surface area contributed by atoms with Gasteiger partial charge in [0.15, 0.2) is 0 Å². The zero-order valence-corrected chi connectivity index (χ0v) is 19.2. The molecule has 1 amide bonds. The Morgan fingerprint density at radius 3 is 2.50 bits per heavy atom. The first-order valence-corrected chi connectivity index (χ1v) is 12.7. The molecule has 0 saturated carbocycles. The van der Waals surface area contributed by atoms with Gasteiger partial charge in [-0.25, -0.2) is 8.42 Å². The van der Waals surface area contributed by atoms with E-state index in [9.17, 15) is 13.2 Å². The maximum atomic E-state index is 13.3. The summed E-state index contributed by atoms with van der Waals surface area (Å²) < 4.78 is 33.8. The Morgan fingerprint density at radius 1 is 0.969 bits per heavy atom. The van der Waals surface area contributed by atoms with Gasteiger partial charge in [-0.2, -0.15) is 4.31 Å². The number of rotatable bonds is 5. The molecule has 0 N–H and O–H groups in total. The second-order valence-electron chi connectivity index (χ2n) is 8.82. The molecule has 0 spiro atoms. The molecule has 0 bridgehead atoms. The van der Waals surface area contributed by atoms with Gasteiger partial charge >= 0.3 is 0 Å². The lowest BCUT2D eigenvalue weighted by Crippen LogP contribution is -2.48. The average Bonchev–Trinajstić information content (AvgIpc) is 3.42. The van der Waals surface area contributed by atoms with Crippen molar-refractivity contribution in [2.45, 2.75) is 37.6 Å². The molecular weight excluding hydrogens is 426 g/mol. The van der Waals surface area contributed by atoms with Crippen molar-refractivity contribution in [1.82, 2.24) is 9.21 Å². The Morgan fingerprint density at radius 2 is 1.78 bits per heavy atom. The summed E-state index contributed by atoms with van der Waals surface area (Å²) in [6, 6.07) is 11.6. The molecule has 0 aliphatic carbocycles. The first-order valence-electron chi connectivity index (χ1n) is 11.3. The predicted molar refractivity (Wildman–Crippen MR) is 122 cm³/mol. The molecule has 2 aromatic carbocycles. The predicted octanol–water partition coefficient (Wildman–Crippen LogP) is 2.56. The van der Waals surface area contributed by atoms with Gasteiger partial charge in [0.2, 0.25) is 15.9 Å². The molecule has 0 radical (unpaired) electrons. The van der Waals surface area contributed by atoms with Gasteiger partial charge in [0.1, 0.15) is 5.75 Å². The second-order valence-corrected chi connectivity index (χ2v) is 10.7. The Labute approximate surface area is 189 Å². The third-order valence-corrected chi connectivity index (χ3v) is 8.71. The zero-order chi connectivity index (χ0) is 22.3. The number of hydrogen-bond acceptors (Lipinski definition) is 5. The van der Waals surface area contributed by atoms with E-state index in [-0.39, 0.29) is 5.91 Å². The SMILES string of the molecule is Cc1cc(N2CCCC2=O)ccc1S(=O)(=O)N1CCN(Cc2ccc3c(c2)CCO3)CC1. The molecule has 2 saturated heterocycles. The molecule has 7 nitrogen and oxygen atoms in total. The summed E-state index contributed by atoms with van der Waals surface area (Å²) in [6.07, 6.45) is 2.36. The summed E-state index contributed by atoms with van der Waals surface area (Å²) in [6.45, 7) is 6.43. The van der Waals surface area contributed by atoms with E-state index in [1.165, 1.54) is 11.1 Å². The van der Waals surface area contributed by atoms with Crippen LogP contribution in [0, 0.1) is 6.92 Å². The highest BCUT2D eigenvalue weighted by Gasteiger charge is 2.30. The van der Waals surface area contributed by atoms with Crippen molar-refractivity contribution < 1.29 is 17.9 Å². The summed E-state index contributed by atoms with van der Waals surface area (Å²) in [5.74, 6) is 1.09. The number of benzene rings is 2. The Hall–Kier alpha value is -2.42. The number of amides is 1. The van der Waals surface area contributed by atoms with Gasteiger partial charge < -0.3 is 9.64 Å². The molecule has 8 heteroatoms. The molecule has 0 aromatic heterocycles. The highest BCUT2D eigenvalue weighted by atomic mass is 32.2. The van der Waals surface area contributed by atoms with Crippen molar-refractivity contribution in [1.29, 1.82) is 0 Å². The molecule has 0 atom stereocenters. The van der Waals surface area contributed by atoms with Gasteiger partial charge in [0.25, 0.3) is 0 Å². The number of anilines is 1. The third-order valence-electron chi connectivity index (χ3n) is 6.65. The monoisotopic (exact) mass is 455 g/mol. The summed E-state index contributed by atoms with van der Waals surface area (Å²) in [5, 5.41) is 0. The molecular formula is C24H29N3O4S. The standard InChI is InChI=1S/C24H29N3O4S/c1-18-15-21(27-9-2-3-24(27)28)5-7-23(18)32(29,30)26-12-10-25(11-13-26)17-19-4-6-22-20(16-19)8-14-31-22/h4-7,15-16H,2-3,8-14,17H2,1H3. The number of carbonyl (C=O) groups is 1. The molecule has 3 aliphatic heterocycles. The van der Waals surface area contributed by atoms with E-state index in [1.54, 1.807) is 21.3 Å². The van der Waals surface area contributed by atoms with Crippen molar-refractivity contribution in [3.8, 4) is 5.75 Å². The first-order chi connectivity index (χ1) is 15.4. The van der Waals surface area contributed by atoms with Crippen molar-refractivity contribution in [3.05, 3.63) is 53.1 Å². The highest BCUT2D eigenvalue weighted by Crippen LogP contribution is 2.29. The Bertz CT molecular complexity index is 1140. The highest BCUT2D eigenvalue weighted by molar-refractivity contribution is 7.89. The molecule has 170 valence electrons. The molecule has 2 fully saturated rings. The minimum absolute atomic E-state index is 0.104. The van der Waals surface area contributed by atoms with Gasteiger partial charge in [0, 0.05) is 57.8 Å². The summed E-state index contributed by atoms with van der Waals surface area (Å²) in [4.78, 5) is 16.4. The molecule has 0 unspecified atom stereocenters.